The summed E-state index contributed by atoms with van der Waals surface area (Å²) in [5, 5.41) is 15.7. The number of hydrogen-bond donors (Lipinski definition) is 2. The predicted molar refractivity (Wildman–Crippen MR) is 94.6 cm³/mol. The van der Waals surface area contributed by atoms with Crippen molar-refractivity contribution in [1.82, 2.24) is 10.5 Å². The van der Waals surface area contributed by atoms with Crippen LogP contribution in [0, 0.1) is 13.8 Å². The number of nitrogens with one attached hydrogen (secondary N) is 1. The zero-order chi connectivity index (χ0) is 17.7. The van der Waals surface area contributed by atoms with Crippen LogP contribution >= 0.6 is 34.7 Å². The monoisotopic (exact) mass is 388 g/mol. The summed E-state index contributed by atoms with van der Waals surface area (Å²) in [6, 6.07) is 2.85. The Morgan fingerprint density at radius 3 is 2.75 bits per heavy atom. The van der Waals surface area contributed by atoms with Gasteiger partial charge < -0.3 is 14.9 Å². The number of nitrogens with zero attached hydrogens (tertiary/aromatic N) is 1. The SMILES string of the molecule is Cc1noc(C)c1CSCC(=O)NC(CC(=O)O)c1ccc(Cl)s1. The lowest BCUT2D eigenvalue weighted by atomic mass is 10.1. The van der Waals surface area contributed by atoms with Crippen molar-refractivity contribution in [1.29, 1.82) is 0 Å². The molecule has 9 heteroatoms. The van der Waals surface area contributed by atoms with Crippen LogP contribution in [0.25, 0.3) is 0 Å². The second-order valence-electron chi connectivity index (χ2n) is 5.16. The van der Waals surface area contributed by atoms with Crippen molar-refractivity contribution >= 4 is 46.6 Å². The molecule has 130 valence electrons. The summed E-state index contributed by atoms with van der Waals surface area (Å²) >= 11 is 8.58. The number of aliphatic carboxylic acids is 1. The Morgan fingerprint density at radius 2 is 2.21 bits per heavy atom. The summed E-state index contributed by atoms with van der Waals surface area (Å²) in [5.74, 6) is 0.385. The number of thioether (sulfide) groups is 1. The molecule has 0 saturated heterocycles. The minimum Gasteiger partial charge on any atom is -0.481 e. The second-order valence-corrected chi connectivity index (χ2v) is 7.89. The number of halogens is 1. The van der Waals surface area contributed by atoms with E-state index >= 15 is 0 Å². The molecular formula is C15H17ClN2O4S2. The Balaban J connectivity index is 1.89. The van der Waals surface area contributed by atoms with Crippen LogP contribution in [-0.2, 0) is 15.3 Å². The minimum atomic E-state index is -0.979. The first-order valence-corrected chi connectivity index (χ1v) is 9.47. The molecule has 0 aromatic carbocycles. The quantitative estimate of drug-likeness (QED) is 0.718. The van der Waals surface area contributed by atoms with Crippen molar-refractivity contribution in [2.45, 2.75) is 32.1 Å². The molecule has 0 aliphatic rings. The van der Waals surface area contributed by atoms with E-state index in [0.29, 0.717) is 10.1 Å². The molecule has 2 rings (SSSR count). The average Bonchev–Trinajstić information content (AvgIpc) is 3.06. The van der Waals surface area contributed by atoms with Crippen molar-refractivity contribution in [3.8, 4) is 0 Å². The lowest BCUT2D eigenvalue weighted by molar-refractivity contribution is -0.137. The lowest BCUT2D eigenvalue weighted by Crippen LogP contribution is -2.31. The van der Waals surface area contributed by atoms with Crippen LogP contribution in [0.15, 0.2) is 16.7 Å². The molecule has 0 spiro atoms. The summed E-state index contributed by atoms with van der Waals surface area (Å²) in [4.78, 5) is 23.9. The van der Waals surface area contributed by atoms with Gasteiger partial charge in [0.15, 0.2) is 0 Å². The molecule has 0 saturated carbocycles. The van der Waals surface area contributed by atoms with Gasteiger partial charge in [-0.3, -0.25) is 9.59 Å². The number of carboxylic acid groups (broad SMARTS) is 1. The molecule has 6 nitrogen and oxygen atoms in total. The van der Waals surface area contributed by atoms with Gasteiger partial charge in [0.25, 0.3) is 0 Å². The first kappa shape index (κ1) is 18.8. The Labute approximate surface area is 152 Å². The zero-order valence-electron chi connectivity index (χ0n) is 13.2. The fourth-order valence-electron chi connectivity index (χ4n) is 2.10. The van der Waals surface area contributed by atoms with E-state index in [2.05, 4.69) is 10.5 Å². The molecular weight excluding hydrogens is 372 g/mol. The molecule has 1 atom stereocenters. The molecule has 0 aliphatic carbocycles. The molecule has 2 aromatic heterocycles. The van der Waals surface area contributed by atoms with Crippen molar-refractivity contribution in [2.75, 3.05) is 5.75 Å². The van der Waals surface area contributed by atoms with Crippen molar-refractivity contribution in [3.63, 3.8) is 0 Å². The van der Waals surface area contributed by atoms with Crippen LogP contribution in [0.4, 0.5) is 0 Å². The van der Waals surface area contributed by atoms with Crippen LogP contribution in [0.1, 0.15) is 34.4 Å². The third-order valence-corrected chi connectivity index (χ3v) is 5.62. The van der Waals surface area contributed by atoms with Gasteiger partial charge in [-0.2, -0.15) is 0 Å². The highest BCUT2D eigenvalue weighted by Crippen LogP contribution is 2.29. The van der Waals surface area contributed by atoms with Crippen LogP contribution in [0.2, 0.25) is 4.34 Å². The smallest absolute Gasteiger partial charge is 0.305 e. The summed E-state index contributed by atoms with van der Waals surface area (Å²) in [7, 11) is 0. The van der Waals surface area contributed by atoms with Gasteiger partial charge in [-0.1, -0.05) is 16.8 Å². The average molecular weight is 389 g/mol. The van der Waals surface area contributed by atoms with Gasteiger partial charge in [0.1, 0.15) is 5.76 Å². The van der Waals surface area contributed by atoms with Crippen LogP contribution in [0.5, 0.6) is 0 Å². The summed E-state index contributed by atoms with van der Waals surface area (Å²) < 4.78 is 5.64. The van der Waals surface area contributed by atoms with Crippen molar-refractivity contribution in [2.24, 2.45) is 0 Å². The van der Waals surface area contributed by atoms with Crippen LogP contribution in [-0.4, -0.2) is 27.9 Å². The minimum absolute atomic E-state index is 0.183. The largest absolute Gasteiger partial charge is 0.481 e. The van der Waals surface area contributed by atoms with Gasteiger partial charge in [-0.25, -0.2) is 0 Å². The van der Waals surface area contributed by atoms with Crippen LogP contribution < -0.4 is 5.32 Å². The molecule has 1 amide bonds. The highest BCUT2D eigenvalue weighted by atomic mass is 35.5. The number of carbonyl (C=O) groups is 2. The Bertz CT molecular complexity index is 709. The van der Waals surface area contributed by atoms with Crippen LogP contribution in [0.3, 0.4) is 0 Å². The first-order valence-electron chi connectivity index (χ1n) is 7.12. The van der Waals surface area contributed by atoms with Gasteiger partial charge in [-0.15, -0.1) is 23.1 Å². The number of carboxylic acids is 1. The Morgan fingerprint density at radius 1 is 1.46 bits per heavy atom. The summed E-state index contributed by atoms with van der Waals surface area (Å²) in [5.41, 5.74) is 1.80. The van der Waals surface area contributed by atoms with Gasteiger partial charge >= 0.3 is 5.97 Å². The molecule has 0 fully saturated rings. The molecule has 2 aromatic rings. The van der Waals surface area contributed by atoms with E-state index in [1.807, 2.05) is 13.8 Å². The highest BCUT2D eigenvalue weighted by molar-refractivity contribution is 7.99. The lowest BCUT2D eigenvalue weighted by Gasteiger charge is -2.15. The molecule has 2 heterocycles. The standard InChI is InChI=1S/C15H17ClN2O4S2/c1-8-10(9(2)22-18-8)6-23-7-14(19)17-11(5-15(20)21)12-3-4-13(16)24-12/h3-4,11H,5-7H2,1-2H3,(H,17,19)(H,20,21). The zero-order valence-corrected chi connectivity index (χ0v) is 15.6. The van der Waals surface area contributed by atoms with E-state index in [4.69, 9.17) is 21.2 Å². The first-order chi connectivity index (χ1) is 11.4. The van der Waals surface area contributed by atoms with E-state index in [1.54, 1.807) is 12.1 Å². The maximum Gasteiger partial charge on any atom is 0.305 e. The third-order valence-electron chi connectivity index (χ3n) is 3.31. The number of rotatable bonds is 8. The molecule has 1 unspecified atom stereocenters. The Hall–Kier alpha value is -1.51. The van der Waals surface area contributed by atoms with Gasteiger partial charge in [0.05, 0.1) is 28.2 Å². The van der Waals surface area contributed by atoms with Crippen molar-refractivity contribution in [3.05, 3.63) is 38.4 Å². The molecule has 2 N–H and O–H groups in total. The molecule has 0 aliphatic heterocycles. The number of carbonyl (C=O) groups excluding carboxylic acids is 1. The van der Waals surface area contributed by atoms with E-state index < -0.39 is 12.0 Å². The fourth-order valence-corrected chi connectivity index (χ4v) is 4.20. The number of aromatic nitrogens is 1. The normalized spacial score (nSPS) is 12.1. The van der Waals surface area contributed by atoms with Gasteiger partial charge in [0, 0.05) is 16.2 Å². The predicted octanol–water partition coefficient (Wildman–Crippen LogP) is 3.57. The van der Waals surface area contributed by atoms with Gasteiger partial charge in [-0.05, 0) is 26.0 Å². The number of amides is 1. The van der Waals surface area contributed by atoms with Crippen molar-refractivity contribution < 1.29 is 19.2 Å². The molecule has 24 heavy (non-hydrogen) atoms. The molecule has 0 bridgehead atoms. The third kappa shape index (κ3) is 5.25. The van der Waals surface area contributed by atoms with E-state index in [0.717, 1.165) is 21.9 Å². The number of thiophene rings is 1. The van der Waals surface area contributed by atoms with E-state index in [-0.39, 0.29) is 18.1 Å². The van der Waals surface area contributed by atoms with E-state index in [9.17, 15) is 9.59 Å². The maximum atomic E-state index is 12.1. The van der Waals surface area contributed by atoms with E-state index in [1.165, 1.54) is 23.1 Å². The topological polar surface area (TPSA) is 92.4 Å². The highest BCUT2D eigenvalue weighted by Gasteiger charge is 2.20. The van der Waals surface area contributed by atoms with Gasteiger partial charge in [0.2, 0.25) is 5.91 Å². The maximum absolute atomic E-state index is 12.1. The fraction of sp³-hybridized carbons (Fsp3) is 0.400. The summed E-state index contributed by atoms with van der Waals surface area (Å²) in [6.07, 6.45) is -0.183. The molecule has 0 radical (unpaired) electrons. The number of aryl methyl sites for hydroxylation is 2. The Kier molecular flexibility index (Phi) is 6.70. The second kappa shape index (κ2) is 8.55. The summed E-state index contributed by atoms with van der Waals surface area (Å²) in [6.45, 7) is 3.69. The number of hydrogen-bond acceptors (Lipinski definition) is 6.